The average Bonchev–Trinajstić information content (AvgIpc) is 2.45. The number of carboxylic acids is 2. The maximum absolute atomic E-state index is 9.10. The van der Waals surface area contributed by atoms with Crippen molar-refractivity contribution in [2.75, 3.05) is 26.2 Å². The second-order valence-corrected chi connectivity index (χ2v) is 5.18. The number of hydrogen-bond donors (Lipinski definition) is 4. The summed E-state index contributed by atoms with van der Waals surface area (Å²) in [5.74, 6) is -2.69. The minimum Gasteiger partial charge on any atom is -0.493 e. The van der Waals surface area contributed by atoms with Crippen molar-refractivity contribution in [2.24, 2.45) is 5.73 Å². The van der Waals surface area contributed by atoms with Crippen LogP contribution in [0.1, 0.15) is 12.0 Å². The van der Waals surface area contributed by atoms with E-state index in [1.807, 2.05) is 19.1 Å². The Hall–Kier alpha value is -1.64. The minimum atomic E-state index is -1.82. The molecule has 0 spiro atoms. The van der Waals surface area contributed by atoms with Gasteiger partial charge in [-0.3, -0.25) is 0 Å². The van der Waals surface area contributed by atoms with E-state index in [0.29, 0.717) is 6.54 Å². The number of aryl methyl sites for hydroxylation is 1. The van der Waals surface area contributed by atoms with Gasteiger partial charge in [0, 0.05) is 17.6 Å². The van der Waals surface area contributed by atoms with Crippen molar-refractivity contribution >= 4 is 27.9 Å². The van der Waals surface area contributed by atoms with E-state index in [9.17, 15) is 0 Å². The minimum absolute atomic E-state index is 0.687. The smallest absolute Gasteiger partial charge is 0.414 e. The third kappa shape index (κ3) is 10.1. The average molecular weight is 377 g/mol. The van der Waals surface area contributed by atoms with Crippen LogP contribution in [0, 0.1) is 6.92 Å². The van der Waals surface area contributed by atoms with Crippen molar-refractivity contribution in [1.29, 1.82) is 0 Å². The second kappa shape index (κ2) is 12.0. The van der Waals surface area contributed by atoms with Gasteiger partial charge in [0.1, 0.15) is 5.75 Å². The molecule has 1 rings (SSSR count). The summed E-state index contributed by atoms with van der Waals surface area (Å²) in [5.41, 5.74) is 6.53. The Morgan fingerprint density at radius 2 is 1.91 bits per heavy atom. The number of carbonyl (C=O) groups is 2. The van der Waals surface area contributed by atoms with Gasteiger partial charge in [0.05, 0.1) is 6.61 Å². The molecule has 0 unspecified atom stereocenters. The van der Waals surface area contributed by atoms with Gasteiger partial charge in [-0.1, -0.05) is 15.9 Å². The second-order valence-electron chi connectivity index (χ2n) is 4.26. The monoisotopic (exact) mass is 376 g/mol. The number of hydrogen-bond acceptors (Lipinski definition) is 5. The van der Waals surface area contributed by atoms with Crippen molar-refractivity contribution in [1.82, 2.24) is 5.32 Å². The molecule has 0 atom stereocenters. The Morgan fingerprint density at radius 3 is 2.41 bits per heavy atom. The first-order valence-electron chi connectivity index (χ1n) is 6.64. The number of ether oxygens (including phenoxy) is 1. The molecule has 0 fully saturated rings. The van der Waals surface area contributed by atoms with Crippen molar-refractivity contribution in [3.63, 3.8) is 0 Å². The lowest BCUT2D eigenvalue weighted by atomic mass is 10.2. The van der Waals surface area contributed by atoms with Gasteiger partial charge in [-0.15, -0.1) is 0 Å². The molecule has 0 heterocycles. The third-order valence-corrected chi connectivity index (χ3v) is 2.89. The molecule has 0 bridgehead atoms. The Kier molecular flexibility index (Phi) is 11.1. The van der Waals surface area contributed by atoms with Crippen LogP contribution in [0.2, 0.25) is 0 Å². The highest BCUT2D eigenvalue weighted by atomic mass is 79.9. The quantitative estimate of drug-likeness (QED) is 0.416. The number of nitrogens with one attached hydrogen (secondary N) is 1. The largest absolute Gasteiger partial charge is 0.493 e. The lowest BCUT2D eigenvalue weighted by molar-refractivity contribution is -0.159. The molecule has 0 aromatic heterocycles. The molecule has 124 valence electrons. The predicted octanol–water partition coefficient (Wildman–Crippen LogP) is 1.23. The van der Waals surface area contributed by atoms with Gasteiger partial charge in [-0.05, 0) is 43.7 Å². The number of aliphatic carboxylic acids is 2. The molecule has 5 N–H and O–H groups in total. The molecule has 0 radical (unpaired) electrons. The fraction of sp³-hybridized carbons (Fsp3) is 0.429. The van der Waals surface area contributed by atoms with Crippen LogP contribution in [-0.2, 0) is 9.59 Å². The van der Waals surface area contributed by atoms with E-state index < -0.39 is 11.9 Å². The molecule has 22 heavy (non-hydrogen) atoms. The molecular weight excluding hydrogens is 356 g/mol. The fourth-order valence-corrected chi connectivity index (χ4v) is 1.86. The lowest BCUT2D eigenvalue weighted by Gasteiger charge is -2.09. The highest BCUT2D eigenvalue weighted by Crippen LogP contribution is 2.22. The topological polar surface area (TPSA) is 122 Å². The van der Waals surface area contributed by atoms with Crippen molar-refractivity contribution in [3.8, 4) is 5.75 Å². The van der Waals surface area contributed by atoms with E-state index in [0.717, 1.165) is 41.9 Å². The van der Waals surface area contributed by atoms with Crippen LogP contribution in [0.3, 0.4) is 0 Å². The van der Waals surface area contributed by atoms with Crippen LogP contribution in [0.4, 0.5) is 0 Å². The molecule has 1 aromatic carbocycles. The highest BCUT2D eigenvalue weighted by molar-refractivity contribution is 9.10. The molecule has 0 saturated heterocycles. The first-order chi connectivity index (χ1) is 10.4. The van der Waals surface area contributed by atoms with Gasteiger partial charge in [-0.2, -0.15) is 0 Å². The van der Waals surface area contributed by atoms with Crippen molar-refractivity contribution < 1.29 is 24.5 Å². The number of halogens is 1. The third-order valence-electron chi connectivity index (χ3n) is 2.40. The van der Waals surface area contributed by atoms with Crippen LogP contribution in [0.15, 0.2) is 22.7 Å². The molecule has 0 saturated carbocycles. The summed E-state index contributed by atoms with van der Waals surface area (Å²) in [4.78, 5) is 18.2. The molecule has 0 aliphatic rings. The zero-order valence-corrected chi connectivity index (χ0v) is 13.9. The summed E-state index contributed by atoms with van der Waals surface area (Å²) in [6, 6.07) is 6.05. The summed E-state index contributed by atoms with van der Waals surface area (Å²) in [6.07, 6.45) is 0.996. The molecule has 8 heteroatoms. The van der Waals surface area contributed by atoms with Gasteiger partial charge in [0.2, 0.25) is 0 Å². The van der Waals surface area contributed by atoms with Crippen molar-refractivity contribution in [3.05, 3.63) is 28.2 Å². The first-order valence-corrected chi connectivity index (χ1v) is 7.43. The number of nitrogens with two attached hydrogens (primary N) is 1. The van der Waals surface area contributed by atoms with Gasteiger partial charge in [0.25, 0.3) is 0 Å². The number of carboxylic acid groups (broad SMARTS) is 2. The van der Waals surface area contributed by atoms with E-state index in [1.165, 1.54) is 0 Å². The molecule has 0 aliphatic heterocycles. The van der Waals surface area contributed by atoms with E-state index in [2.05, 4.69) is 27.3 Å². The molecule has 7 nitrogen and oxygen atoms in total. The Balaban J connectivity index is 0.000000626. The van der Waals surface area contributed by atoms with E-state index in [1.54, 1.807) is 0 Å². The summed E-state index contributed by atoms with van der Waals surface area (Å²) in [7, 11) is 0. The molecule has 1 aromatic rings. The number of rotatable bonds is 7. The Bertz CT molecular complexity index is 470. The van der Waals surface area contributed by atoms with E-state index >= 15 is 0 Å². The summed E-state index contributed by atoms with van der Waals surface area (Å²) in [6.45, 7) is 5.30. The summed E-state index contributed by atoms with van der Waals surface area (Å²) < 4.78 is 6.77. The first kappa shape index (κ1) is 20.4. The number of benzene rings is 1. The molecular formula is C14H21BrN2O5. The summed E-state index contributed by atoms with van der Waals surface area (Å²) in [5, 5.41) is 18.0. The van der Waals surface area contributed by atoms with Gasteiger partial charge in [-0.25, -0.2) is 9.59 Å². The van der Waals surface area contributed by atoms with Crippen LogP contribution < -0.4 is 15.8 Å². The van der Waals surface area contributed by atoms with Crippen LogP contribution in [0.5, 0.6) is 5.75 Å². The maximum Gasteiger partial charge on any atom is 0.414 e. The van der Waals surface area contributed by atoms with E-state index in [-0.39, 0.29) is 0 Å². The zero-order valence-electron chi connectivity index (χ0n) is 12.3. The highest BCUT2D eigenvalue weighted by Gasteiger charge is 2.04. The Labute approximate surface area is 137 Å². The molecule has 0 amide bonds. The zero-order chi connectivity index (χ0) is 17.0. The predicted molar refractivity (Wildman–Crippen MR) is 86.2 cm³/mol. The fourth-order valence-electron chi connectivity index (χ4n) is 1.38. The maximum atomic E-state index is 9.10. The van der Waals surface area contributed by atoms with Gasteiger partial charge >= 0.3 is 11.9 Å². The van der Waals surface area contributed by atoms with Crippen LogP contribution in [0.25, 0.3) is 0 Å². The van der Waals surface area contributed by atoms with Crippen LogP contribution >= 0.6 is 15.9 Å². The molecule has 0 aliphatic carbocycles. The van der Waals surface area contributed by atoms with E-state index in [4.69, 9.17) is 30.3 Å². The standard InChI is InChI=1S/C12H19BrN2O.C2H2O4/c1-10-9-11(13)3-4-12(10)16-8-2-6-15-7-5-14;3-1(4)2(5)6/h3-4,9,15H,2,5-8,14H2,1H3;(H,3,4)(H,5,6). The van der Waals surface area contributed by atoms with Crippen LogP contribution in [-0.4, -0.2) is 48.4 Å². The normalized spacial score (nSPS) is 9.59. The van der Waals surface area contributed by atoms with Gasteiger partial charge < -0.3 is 26.0 Å². The SMILES string of the molecule is Cc1cc(Br)ccc1OCCCNCCN.O=C(O)C(=O)O. The lowest BCUT2D eigenvalue weighted by Crippen LogP contribution is -2.24. The summed E-state index contributed by atoms with van der Waals surface area (Å²) >= 11 is 3.43. The van der Waals surface area contributed by atoms with Gasteiger partial charge in [0.15, 0.2) is 0 Å². The van der Waals surface area contributed by atoms with Crippen molar-refractivity contribution in [2.45, 2.75) is 13.3 Å². The Morgan fingerprint density at radius 1 is 1.27 bits per heavy atom.